The average molecular weight is 208 g/mol. The summed E-state index contributed by atoms with van der Waals surface area (Å²) in [5.74, 6) is 0.140. The molecule has 0 bridgehead atoms. The van der Waals surface area contributed by atoms with Crippen molar-refractivity contribution >= 4 is 11.4 Å². The van der Waals surface area contributed by atoms with E-state index in [4.69, 9.17) is 0 Å². The zero-order valence-electron chi connectivity index (χ0n) is 8.94. The molecule has 1 nitrogen and oxygen atoms in total. The molecule has 0 aliphatic heterocycles. The van der Waals surface area contributed by atoms with Crippen LogP contribution in [0.25, 0.3) is 5.57 Å². The standard InChI is InChI=1S/C15H12O/c16-15-10-14(11-6-2-1-3-7-11)12-8-4-5-9-13(12)15/h1-2,4-6,8-10H,3,7H2. The Bertz CT molecular complexity index is 544. The fourth-order valence-electron chi connectivity index (χ4n) is 2.31. The maximum Gasteiger partial charge on any atom is 0.187 e. The molecule has 2 aliphatic rings. The molecule has 0 atom stereocenters. The van der Waals surface area contributed by atoms with E-state index in [2.05, 4.69) is 18.2 Å². The van der Waals surface area contributed by atoms with Gasteiger partial charge in [0.1, 0.15) is 0 Å². The van der Waals surface area contributed by atoms with Crippen LogP contribution in [0.2, 0.25) is 0 Å². The van der Waals surface area contributed by atoms with Crippen LogP contribution in [0.5, 0.6) is 0 Å². The van der Waals surface area contributed by atoms with Gasteiger partial charge in [0.05, 0.1) is 0 Å². The Morgan fingerprint density at radius 2 is 1.88 bits per heavy atom. The van der Waals surface area contributed by atoms with Crippen molar-refractivity contribution in [2.24, 2.45) is 0 Å². The molecule has 0 saturated carbocycles. The molecule has 2 aliphatic carbocycles. The Hall–Kier alpha value is -1.89. The maximum absolute atomic E-state index is 11.8. The highest BCUT2D eigenvalue weighted by molar-refractivity contribution is 6.18. The van der Waals surface area contributed by atoms with Gasteiger partial charge in [0, 0.05) is 5.56 Å². The Kier molecular flexibility index (Phi) is 2.10. The minimum Gasteiger partial charge on any atom is -0.289 e. The predicted octanol–water partition coefficient (Wildman–Crippen LogP) is 3.54. The van der Waals surface area contributed by atoms with E-state index in [1.165, 1.54) is 5.57 Å². The van der Waals surface area contributed by atoms with Gasteiger partial charge in [0.25, 0.3) is 0 Å². The van der Waals surface area contributed by atoms with E-state index in [9.17, 15) is 4.79 Å². The van der Waals surface area contributed by atoms with E-state index < -0.39 is 0 Å². The van der Waals surface area contributed by atoms with Crippen molar-refractivity contribution in [1.29, 1.82) is 0 Å². The second-order valence-corrected chi connectivity index (χ2v) is 4.13. The van der Waals surface area contributed by atoms with Gasteiger partial charge in [0.15, 0.2) is 5.78 Å². The van der Waals surface area contributed by atoms with Crippen molar-refractivity contribution in [1.82, 2.24) is 0 Å². The van der Waals surface area contributed by atoms with Crippen LogP contribution in [-0.4, -0.2) is 5.78 Å². The monoisotopic (exact) mass is 208 g/mol. The van der Waals surface area contributed by atoms with E-state index in [0.717, 1.165) is 29.5 Å². The molecule has 1 heteroatoms. The minimum absolute atomic E-state index is 0.140. The van der Waals surface area contributed by atoms with Crippen LogP contribution < -0.4 is 0 Å². The molecule has 1 aromatic rings. The smallest absolute Gasteiger partial charge is 0.187 e. The molecule has 1 aromatic carbocycles. The third-order valence-corrected chi connectivity index (χ3v) is 3.12. The first-order chi connectivity index (χ1) is 7.86. The number of hydrogen-bond acceptors (Lipinski definition) is 1. The molecular weight excluding hydrogens is 196 g/mol. The molecule has 0 radical (unpaired) electrons. The summed E-state index contributed by atoms with van der Waals surface area (Å²) < 4.78 is 0. The molecule has 3 rings (SSSR count). The Balaban J connectivity index is 2.11. The number of hydrogen-bond donors (Lipinski definition) is 0. The summed E-state index contributed by atoms with van der Waals surface area (Å²) in [5.41, 5.74) is 4.33. The van der Waals surface area contributed by atoms with Crippen LogP contribution in [-0.2, 0) is 0 Å². The normalized spacial score (nSPS) is 18.1. The van der Waals surface area contributed by atoms with Crippen LogP contribution in [0.4, 0.5) is 0 Å². The fourth-order valence-corrected chi connectivity index (χ4v) is 2.31. The van der Waals surface area contributed by atoms with Crippen molar-refractivity contribution in [3.63, 3.8) is 0 Å². The summed E-state index contributed by atoms with van der Waals surface area (Å²) in [6.07, 6.45) is 10.2. The highest BCUT2D eigenvalue weighted by Crippen LogP contribution is 2.35. The van der Waals surface area contributed by atoms with Gasteiger partial charge in [-0.2, -0.15) is 0 Å². The van der Waals surface area contributed by atoms with Crippen LogP contribution >= 0.6 is 0 Å². The third-order valence-electron chi connectivity index (χ3n) is 3.12. The van der Waals surface area contributed by atoms with Gasteiger partial charge in [-0.05, 0) is 35.6 Å². The lowest BCUT2D eigenvalue weighted by Gasteiger charge is -2.11. The highest BCUT2D eigenvalue weighted by atomic mass is 16.1. The lowest BCUT2D eigenvalue weighted by molar-refractivity contribution is 0.105. The van der Waals surface area contributed by atoms with Crippen LogP contribution in [0.15, 0.2) is 54.1 Å². The largest absolute Gasteiger partial charge is 0.289 e. The molecule has 0 spiro atoms. The Labute approximate surface area is 94.8 Å². The molecule has 0 N–H and O–H groups in total. The summed E-state index contributed by atoms with van der Waals surface area (Å²) in [6.45, 7) is 0. The number of benzene rings is 1. The maximum atomic E-state index is 11.8. The number of rotatable bonds is 1. The van der Waals surface area contributed by atoms with Gasteiger partial charge < -0.3 is 0 Å². The molecule has 0 unspecified atom stereocenters. The van der Waals surface area contributed by atoms with Gasteiger partial charge in [-0.3, -0.25) is 4.79 Å². The van der Waals surface area contributed by atoms with E-state index in [1.807, 2.05) is 24.3 Å². The van der Waals surface area contributed by atoms with Crippen LogP contribution in [0.1, 0.15) is 28.8 Å². The van der Waals surface area contributed by atoms with Crippen molar-refractivity contribution in [2.45, 2.75) is 12.8 Å². The summed E-state index contributed by atoms with van der Waals surface area (Å²) in [4.78, 5) is 11.8. The third kappa shape index (κ3) is 1.36. The van der Waals surface area contributed by atoms with Crippen LogP contribution in [0.3, 0.4) is 0 Å². The second kappa shape index (κ2) is 3.60. The summed E-state index contributed by atoms with van der Waals surface area (Å²) in [5, 5.41) is 0. The number of carbonyl (C=O) groups excluding carboxylic acids is 1. The number of ketones is 1. The average Bonchev–Trinajstić information content (AvgIpc) is 2.69. The van der Waals surface area contributed by atoms with E-state index in [1.54, 1.807) is 6.08 Å². The number of carbonyl (C=O) groups is 1. The zero-order valence-corrected chi connectivity index (χ0v) is 8.94. The van der Waals surface area contributed by atoms with E-state index in [0.29, 0.717) is 0 Å². The molecule has 0 fully saturated rings. The summed E-state index contributed by atoms with van der Waals surface area (Å²) in [7, 11) is 0. The van der Waals surface area contributed by atoms with Gasteiger partial charge in [-0.15, -0.1) is 0 Å². The van der Waals surface area contributed by atoms with Gasteiger partial charge >= 0.3 is 0 Å². The van der Waals surface area contributed by atoms with Gasteiger partial charge in [-0.1, -0.05) is 42.5 Å². The second-order valence-electron chi connectivity index (χ2n) is 4.13. The topological polar surface area (TPSA) is 17.1 Å². The van der Waals surface area contributed by atoms with Gasteiger partial charge in [-0.25, -0.2) is 0 Å². The van der Waals surface area contributed by atoms with Crippen molar-refractivity contribution < 1.29 is 4.79 Å². The van der Waals surface area contributed by atoms with Crippen molar-refractivity contribution in [2.75, 3.05) is 0 Å². The first-order valence-corrected chi connectivity index (χ1v) is 5.58. The Morgan fingerprint density at radius 3 is 2.62 bits per heavy atom. The molecule has 0 saturated heterocycles. The first kappa shape index (κ1) is 9.34. The van der Waals surface area contributed by atoms with Gasteiger partial charge in [0.2, 0.25) is 0 Å². The van der Waals surface area contributed by atoms with Crippen molar-refractivity contribution in [3.8, 4) is 0 Å². The molecule has 0 aromatic heterocycles. The molecule has 78 valence electrons. The first-order valence-electron chi connectivity index (χ1n) is 5.58. The van der Waals surface area contributed by atoms with Crippen LogP contribution in [0, 0.1) is 0 Å². The summed E-state index contributed by atoms with van der Waals surface area (Å²) in [6, 6.07) is 7.85. The number of allylic oxidation sites excluding steroid dienone is 6. The summed E-state index contributed by atoms with van der Waals surface area (Å²) >= 11 is 0. The molecular formula is C15H12O. The molecule has 0 heterocycles. The quantitative estimate of drug-likeness (QED) is 0.689. The molecule has 16 heavy (non-hydrogen) atoms. The lowest BCUT2D eigenvalue weighted by Crippen LogP contribution is -1.92. The lowest BCUT2D eigenvalue weighted by atomic mass is 9.93. The van der Waals surface area contributed by atoms with E-state index >= 15 is 0 Å². The fraction of sp³-hybridized carbons (Fsp3) is 0.133. The van der Waals surface area contributed by atoms with Crippen molar-refractivity contribution in [3.05, 3.63) is 65.3 Å². The minimum atomic E-state index is 0.140. The molecule has 0 amide bonds. The number of fused-ring (bicyclic) bond motifs is 1. The van der Waals surface area contributed by atoms with E-state index in [-0.39, 0.29) is 5.78 Å². The Morgan fingerprint density at radius 1 is 1.06 bits per heavy atom. The zero-order chi connectivity index (χ0) is 11.0. The predicted molar refractivity (Wildman–Crippen MR) is 65.2 cm³/mol. The SMILES string of the molecule is O=C1C=C(C2=CC=CCC2)c2ccccc21. The highest BCUT2D eigenvalue weighted by Gasteiger charge is 2.22.